The van der Waals surface area contributed by atoms with Crippen molar-refractivity contribution < 1.29 is 4.39 Å². The van der Waals surface area contributed by atoms with Crippen LogP contribution in [0.2, 0.25) is 5.02 Å². The van der Waals surface area contributed by atoms with Crippen molar-refractivity contribution in [3.63, 3.8) is 0 Å². The van der Waals surface area contributed by atoms with Gasteiger partial charge in [0.25, 0.3) is 0 Å². The van der Waals surface area contributed by atoms with Gasteiger partial charge in [0.15, 0.2) is 11.6 Å². The first-order valence-corrected chi connectivity index (χ1v) is 5.91. The van der Waals surface area contributed by atoms with Gasteiger partial charge in [-0.25, -0.2) is 9.37 Å². The summed E-state index contributed by atoms with van der Waals surface area (Å²) in [5, 5.41) is 7.92. The van der Waals surface area contributed by atoms with Crippen LogP contribution in [0.4, 0.5) is 4.39 Å². The average molecular weight is 275 g/mol. The molecule has 0 bridgehead atoms. The molecule has 0 aliphatic heterocycles. The van der Waals surface area contributed by atoms with Gasteiger partial charge in [-0.2, -0.15) is 4.68 Å². The third-order valence-electron chi connectivity index (χ3n) is 2.61. The van der Waals surface area contributed by atoms with Crippen LogP contribution < -0.4 is 0 Å². The number of aromatic nitrogens is 4. The molecule has 0 fully saturated rings. The minimum atomic E-state index is -0.546. The van der Waals surface area contributed by atoms with Crippen LogP contribution in [0.3, 0.4) is 0 Å². The minimum Gasteiger partial charge on any atom is -0.233 e. The van der Waals surface area contributed by atoms with Crippen LogP contribution in [-0.2, 0) is 0 Å². The molecular weight excluding hydrogens is 267 g/mol. The summed E-state index contributed by atoms with van der Waals surface area (Å²) >= 11 is 5.69. The van der Waals surface area contributed by atoms with Gasteiger partial charge in [-0.15, -0.1) is 5.10 Å². The zero-order valence-electron chi connectivity index (χ0n) is 9.66. The Morgan fingerprint density at radius 3 is 2.63 bits per heavy atom. The second-order valence-electron chi connectivity index (χ2n) is 3.86. The number of halogens is 2. The van der Waals surface area contributed by atoms with Crippen molar-refractivity contribution >= 4 is 11.6 Å². The fourth-order valence-electron chi connectivity index (χ4n) is 1.76. The second-order valence-corrected chi connectivity index (χ2v) is 4.29. The number of hydrogen-bond donors (Lipinski definition) is 0. The smallest absolute Gasteiger partial charge is 0.192 e. The standard InChI is InChI=1S/C13H8ClFN4/c14-10-6-11(15)13(16-7-10)19-12(8-17-18-19)9-4-2-1-3-5-9/h1-8H. The van der Waals surface area contributed by atoms with E-state index in [1.165, 1.54) is 16.9 Å². The minimum absolute atomic E-state index is 0.0701. The Labute approximate surface area is 113 Å². The molecule has 0 spiro atoms. The van der Waals surface area contributed by atoms with Crippen LogP contribution in [0, 0.1) is 5.82 Å². The maximum absolute atomic E-state index is 13.9. The third-order valence-corrected chi connectivity index (χ3v) is 2.81. The summed E-state index contributed by atoms with van der Waals surface area (Å²) in [7, 11) is 0. The number of pyridine rings is 1. The van der Waals surface area contributed by atoms with Crippen molar-refractivity contribution in [2.24, 2.45) is 0 Å². The van der Waals surface area contributed by atoms with Crippen LogP contribution in [0.15, 0.2) is 48.8 Å². The Kier molecular flexibility index (Phi) is 2.97. The van der Waals surface area contributed by atoms with Gasteiger partial charge >= 0.3 is 0 Å². The largest absolute Gasteiger partial charge is 0.233 e. The molecule has 3 aromatic rings. The van der Waals surface area contributed by atoms with Crippen molar-refractivity contribution in [2.45, 2.75) is 0 Å². The summed E-state index contributed by atoms with van der Waals surface area (Å²) in [5.41, 5.74) is 1.54. The van der Waals surface area contributed by atoms with Crippen LogP contribution in [0.25, 0.3) is 17.1 Å². The van der Waals surface area contributed by atoms with Gasteiger partial charge < -0.3 is 0 Å². The molecule has 0 saturated heterocycles. The average Bonchev–Trinajstić information content (AvgIpc) is 2.89. The highest BCUT2D eigenvalue weighted by molar-refractivity contribution is 6.30. The lowest BCUT2D eigenvalue weighted by Crippen LogP contribution is -2.04. The molecule has 0 radical (unpaired) electrons. The normalized spacial score (nSPS) is 10.6. The summed E-state index contributed by atoms with van der Waals surface area (Å²) in [6.45, 7) is 0. The van der Waals surface area contributed by atoms with Gasteiger partial charge in [-0.05, 0) is 6.07 Å². The Hall–Kier alpha value is -2.27. The summed E-state index contributed by atoms with van der Waals surface area (Å²) in [4.78, 5) is 3.96. The monoisotopic (exact) mass is 274 g/mol. The maximum atomic E-state index is 13.9. The molecule has 19 heavy (non-hydrogen) atoms. The highest BCUT2D eigenvalue weighted by Crippen LogP contribution is 2.22. The van der Waals surface area contributed by atoms with Crippen LogP contribution >= 0.6 is 11.6 Å². The van der Waals surface area contributed by atoms with E-state index in [-0.39, 0.29) is 10.8 Å². The molecule has 0 aliphatic rings. The summed E-state index contributed by atoms with van der Waals surface area (Å²) in [6, 6.07) is 10.7. The SMILES string of the molecule is Fc1cc(Cl)cnc1-n1nncc1-c1ccccc1. The topological polar surface area (TPSA) is 43.6 Å². The maximum Gasteiger partial charge on any atom is 0.192 e. The van der Waals surface area contributed by atoms with Crippen molar-refractivity contribution in [2.75, 3.05) is 0 Å². The number of hydrogen-bond acceptors (Lipinski definition) is 3. The molecule has 2 aromatic heterocycles. The molecule has 0 amide bonds. The summed E-state index contributed by atoms with van der Waals surface area (Å²) in [5.74, 6) is -0.476. The molecule has 0 N–H and O–H groups in total. The van der Waals surface area contributed by atoms with Gasteiger partial charge in [0.05, 0.1) is 16.9 Å². The van der Waals surface area contributed by atoms with Crippen LogP contribution in [0.5, 0.6) is 0 Å². The molecule has 3 rings (SSSR count). The molecule has 0 saturated carbocycles. The quantitative estimate of drug-likeness (QED) is 0.721. The first kappa shape index (κ1) is 11.8. The molecule has 4 nitrogen and oxygen atoms in total. The summed E-state index contributed by atoms with van der Waals surface area (Å²) in [6.07, 6.45) is 2.93. The Morgan fingerprint density at radius 1 is 1.11 bits per heavy atom. The fourth-order valence-corrected chi connectivity index (χ4v) is 1.90. The van der Waals surface area contributed by atoms with E-state index < -0.39 is 5.82 Å². The van der Waals surface area contributed by atoms with E-state index in [1.54, 1.807) is 6.20 Å². The predicted octanol–water partition coefficient (Wildman–Crippen LogP) is 3.12. The number of nitrogens with zero attached hydrogens (tertiary/aromatic N) is 4. The molecule has 0 unspecified atom stereocenters. The Morgan fingerprint density at radius 2 is 1.89 bits per heavy atom. The van der Waals surface area contributed by atoms with E-state index >= 15 is 0 Å². The molecule has 2 heterocycles. The van der Waals surface area contributed by atoms with Crippen molar-refractivity contribution in [3.05, 3.63) is 59.6 Å². The van der Waals surface area contributed by atoms with Gasteiger partial charge in [-0.1, -0.05) is 47.1 Å². The van der Waals surface area contributed by atoms with Crippen LogP contribution in [0.1, 0.15) is 0 Å². The lowest BCUT2D eigenvalue weighted by atomic mass is 10.2. The highest BCUT2D eigenvalue weighted by atomic mass is 35.5. The van der Waals surface area contributed by atoms with E-state index in [2.05, 4.69) is 15.3 Å². The molecule has 6 heteroatoms. The van der Waals surface area contributed by atoms with Crippen LogP contribution in [-0.4, -0.2) is 20.0 Å². The lowest BCUT2D eigenvalue weighted by Gasteiger charge is -2.06. The van der Waals surface area contributed by atoms with E-state index in [9.17, 15) is 4.39 Å². The van der Waals surface area contributed by atoms with Crippen molar-refractivity contribution in [3.8, 4) is 17.1 Å². The van der Waals surface area contributed by atoms with Gasteiger partial charge in [0, 0.05) is 11.8 Å². The molecular formula is C13H8ClFN4. The molecule has 0 atom stereocenters. The first-order chi connectivity index (χ1) is 9.25. The van der Waals surface area contributed by atoms with E-state index in [0.717, 1.165) is 5.56 Å². The number of benzene rings is 1. The van der Waals surface area contributed by atoms with E-state index in [4.69, 9.17) is 11.6 Å². The van der Waals surface area contributed by atoms with E-state index in [1.807, 2.05) is 30.3 Å². The predicted molar refractivity (Wildman–Crippen MR) is 69.6 cm³/mol. The zero-order chi connectivity index (χ0) is 13.2. The van der Waals surface area contributed by atoms with Gasteiger partial charge in [-0.3, -0.25) is 0 Å². The third kappa shape index (κ3) is 2.20. The van der Waals surface area contributed by atoms with Crippen molar-refractivity contribution in [1.82, 2.24) is 20.0 Å². The van der Waals surface area contributed by atoms with Gasteiger partial charge in [0.1, 0.15) is 0 Å². The lowest BCUT2D eigenvalue weighted by molar-refractivity contribution is 0.597. The van der Waals surface area contributed by atoms with Crippen molar-refractivity contribution in [1.29, 1.82) is 0 Å². The molecule has 1 aromatic carbocycles. The Bertz CT molecular complexity index is 712. The highest BCUT2D eigenvalue weighted by Gasteiger charge is 2.13. The summed E-state index contributed by atoms with van der Waals surface area (Å²) < 4.78 is 15.2. The molecule has 94 valence electrons. The second kappa shape index (κ2) is 4.78. The van der Waals surface area contributed by atoms with E-state index in [0.29, 0.717) is 5.69 Å². The Balaban J connectivity index is 2.15. The van der Waals surface area contributed by atoms with Gasteiger partial charge in [0.2, 0.25) is 0 Å². The number of rotatable bonds is 2. The molecule has 0 aliphatic carbocycles. The first-order valence-electron chi connectivity index (χ1n) is 5.53. The zero-order valence-corrected chi connectivity index (χ0v) is 10.4. The fraction of sp³-hybridized carbons (Fsp3) is 0.